The first-order chi connectivity index (χ1) is 9.22. The summed E-state index contributed by atoms with van der Waals surface area (Å²) in [6.45, 7) is 0.422. The summed E-state index contributed by atoms with van der Waals surface area (Å²) in [7, 11) is 0. The van der Waals surface area contributed by atoms with E-state index in [-0.39, 0.29) is 5.02 Å². The lowest BCUT2D eigenvalue weighted by Gasteiger charge is -1.98. The second-order valence-corrected chi connectivity index (χ2v) is 4.28. The normalized spacial score (nSPS) is 10.8. The van der Waals surface area contributed by atoms with Crippen molar-refractivity contribution in [3.63, 3.8) is 0 Å². The third kappa shape index (κ3) is 2.48. The highest BCUT2D eigenvalue weighted by Gasteiger charge is 2.12. The van der Waals surface area contributed by atoms with Crippen molar-refractivity contribution >= 4 is 11.6 Å². The van der Waals surface area contributed by atoms with E-state index in [1.165, 1.54) is 18.2 Å². The Morgan fingerprint density at radius 1 is 1.37 bits per heavy atom. The molecule has 0 saturated heterocycles. The van der Waals surface area contributed by atoms with Gasteiger partial charge in [-0.05, 0) is 18.2 Å². The topological polar surface area (TPSA) is 56.7 Å². The smallest absolute Gasteiger partial charge is 0.246 e. The number of hydrogen-bond acceptors (Lipinski definition) is 4. The Morgan fingerprint density at radius 3 is 3.00 bits per heavy atom. The molecule has 0 amide bonds. The van der Waals surface area contributed by atoms with Crippen molar-refractivity contribution in [2.45, 2.75) is 6.54 Å². The first-order valence-corrected chi connectivity index (χ1v) is 5.84. The summed E-state index contributed by atoms with van der Waals surface area (Å²) < 4.78 is 19.9. The van der Waals surface area contributed by atoms with Crippen LogP contribution in [0.4, 0.5) is 4.39 Å². The molecule has 2 aromatic heterocycles. The van der Waals surface area contributed by atoms with Crippen molar-refractivity contribution in [3.8, 4) is 11.4 Å². The fourth-order valence-corrected chi connectivity index (χ4v) is 1.89. The lowest BCUT2D eigenvalue weighted by Crippen LogP contribution is -1.96. The molecule has 0 spiro atoms. The molecule has 0 aliphatic rings. The molecule has 19 heavy (non-hydrogen) atoms. The average molecular weight is 279 g/mol. The summed E-state index contributed by atoms with van der Waals surface area (Å²) in [5.74, 6) is 0.351. The summed E-state index contributed by atoms with van der Waals surface area (Å²) in [5.41, 5.74) is 0.531. The van der Waals surface area contributed by atoms with Gasteiger partial charge in [-0.25, -0.2) is 9.37 Å². The zero-order valence-electron chi connectivity index (χ0n) is 9.62. The lowest BCUT2D eigenvalue weighted by atomic mass is 10.2. The molecule has 7 heteroatoms. The van der Waals surface area contributed by atoms with Crippen LogP contribution in [-0.2, 0) is 6.54 Å². The third-order valence-corrected chi connectivity index (χ3v) is 2.83. The van der Waals surface area contributed by atoms with E-state index in [1.807, 2.05) is 0 Å². The fraction of sp³-hybridized carbons (Fsp3) is 0.0833. The quantitative estimate of drug-likeness (QED) is 0.739. The average Bonchev–Trinajstić information content (AvgIpc) is 3.01. The van der Waals surface area contributed by atoms with Crippen LogP contribution in [-0.4, -0.2) is 19.7 Å². The Kier molecular flexibility index (Phi) is 3.00. The molecule has 1 aromatic carbocycles. The maximum Gasteiger partial charge on any atom is 0.246 e. The molecule has 0 N–H and O–H groups in total. The summed E-state index contributed by atoms with van der Waals surface area (Å²) in [5, 5.41) is 4.08. The van der Waals surface area contributed by atoms with Crippen molar-refractivity contribution < 1.29 is 8.91 Å². The Bertz CT molecular complexity index is 696. The van der Waals surface area contributed by atoms with Gasteiger partial charge in [0, 0.05) is 18.0 Å². The molecule has 0 atom stereocenters. The highest BCUT2D eigenvalue weighted by molar-refractivity contribution is 6.33. The molecular formula is C12H8ClFN4O. The van der Waals surface area contributed by atoms with Crippen molar-refractivity contribution in [3.05, 3.63) is 53.7 Å². The molecule has 0 aliphatic carbocycles. The minimum atomic E-state index is -0.407. The second-order valence-electron chi connectivity index (χ2n) is 3.87. The molecule has 0 fully saturated rings. The Morgan fingerprint density at radius 2 is 2.26 bits per heavy atom. The molecule has 2 heterocycles. The van der Waals surface area contributed by atoms with Gasteiger partial charge in [-0.2, -0.15) is 4.98 Å². The van der Waals surface area contributed by atoms with E-state index in [9.17, 15) is 4.39 Å². The van der Waals surface area contributed by atoms with Crippen LogP contribution in [0, 0.1) is 5.82 Å². The molecule has 96 valence electrons. The van der Waals surface area contributed by atoms with Crippen molar-refractivity contribution in [1.82, 2.24) is 19.7 Å². The highest BCUT2D eigenvalue weighted by atomic mass is 35.5. The van der Waals surface area contributed by atoms with Gasteiger partial charge in [-0.3, -0.25) is 0 Å². The summed E-state index contributed by atoms with van der Waals surface area (Å²) in [6, 6.07) is 4.03. The van der Waals surface area contributed by atoms with E-state index in [0.717, 1.165) is 0 Å². The fourth-order valence-electron chi connectivity index (χ4n) is 1.64. The van der Waals surface area contributed by atoms with Crippen molar-refractivity contribution in [1.29, 1.82) is 0 Å². The number of halogens is 2. The first-order valence-electron chi connectivity index (χ1n) is 5.46. The van der Waals surface area contributed by atoms with Crippen molar-refractivity contribution in [2.75, 3.05) is 0 Å². The van der Waals surface area contributed by atoms with Crippen LogP contribution in [0.5, 0.6) is 0 Å². The van der Waals surface area contributed by atoms with Gasteiger partial charge in [0.05, 0.1) is 11.3 Å². The molecule has 5 nitrogen and oxygen atoms in total. The number of rotatable bonds is 3. The van der Waals surface area contributed by atoms with E-state index in [2.05, 4.69) is 15.1 Å². The van der Waals surface area contributed by atoms with Gasteiger partial charge in [0.15, 0.2) is 0 Å². The molecule has 0 radical (unpaired) electrons. The van der Waals surface area contributed by atoms with Crippen LogP contribution in [0.3, 0.4) is 0 Å². The van der Waals surface area contributed by atoms with E-state index in [4.69, 9.17) is 16.1 Å². The maximum atomic E-state index is 13.0. The predicted octanol–water partition coefficient (Wildman–Crippen LogP) is 2.77. The molecule has 0 unspecified atom stereocenters. The molecule has 3 rings (SSSR count). The Balaban J connectivity index is 1.88. The minimum absolute atomic E-state index is 0.245. The summed E-state index contributed by atoms with van der Waals surface area (Å²) >= 11 is 5.94. The van der Waals surface area contributed by atoms with Crippen LogP contribution in [0.1, 0.15) is 5.89 Å². The van der Waals surface area contributed by atoms with Gasteiger partial charge in [0.2, 0.25) is 11.7 Å². The first kappa shape index (κ1) is 11.9. The number of hydrogen-bond donors (Lipinski definition) is 0. The Hall–Kier alpha value is -2.21. The van der Waals surface area contributed by atoms with Gasteiger partial charge in [0.1, 0.15) is 12.4 Å². The van der Waals surface area contributed by atoms with Gasteiger partial charge < -0.3 is 9.09 Å². The van der Waals surface area contributed by atoms with E-state index >= 15 is 0 Å². The highest BCUT2D eigenvalue weighted by Crippen LogP contribution is 2.26. The van der Waals surface area contributed by atoms with Crippen LogP contribution in [0.15, 0.2) is 41.4 Å². The third-order valence-electron chi connectivity index (χ3n) is 2.52. The Labute approximate surface area is 112 Å². The molecule has 0 bridgehead atoms. The summed E-state index contributed by atoms with van der Waals surface area (Å²) in [4.78, 5) is 8.13. The van der Waals surface area contributed by atoms with Gasteiger partial charge >= 0.3 is 0 Å². The molecular weight excluding hydrogens is 271 g/mol. The monoisotopic (exact) mass is 278 g/mol. The largest absolute Gasteiger partial charge is 0.337 e. The summed E-state index contributed by atoms with van der Waals surface area (Å²) in [6.07, 6.45) is 5.09. The van der Waals surface area contributed by atoms with Gasteiger partial charge in [-0.15, -0.1) is 0 Å². The number of benzene rings is 1. The van der Waals surface area contributed by atoms with Crippen LogP contribution >= 0.6 is 11.6 Å². The predicted molar refractivity (Wildman–Crippen MR) is 66.0 cm³/mol. The number of aromatic nitrogens is 4. The molecule has 0 saturated carbocycles. The van der Waals surface area contributed by atoms with Gasteiger partial charge in [-0.1, -0.05) is 16.8 Å². The van der Waals surface area contributed by atoms with Crippen LogP contribution in [0.2, 0.25) is 5.02 Å². The zero-order valence-corrected chi connectivity index (χ0v) is 10.4. The van der Waals surface area contributed by atoms with Crippen LogP contribution < -0.4 is 0 Å². The molecule has 0 aliphatic heterocycles. The number of imidazole rings is 1. The second kappa shape index (κ2) is 4.81. The van der Waals surface area contributed by atoms with Gasteiger partial charge in [0.25, 0.3) is 0 Å². The standard InChI is InChI=1S/C12H8ClFN4O/c13-10-5-8(14)1-2-9(10)12-16-11(19-17-12)6-18-4-3-15-7-18/h1-5,7H,6H2. The molecule has 3 aromatic rings. The van der Waals surface area contributed by atoms with Crippen molar-refractivity contribution in [2.24, 2.45) is 0 Å². The lowest BCUT2D eigenvalue weighted by molar-refractivity contribution is 0.371. The zero-order chi connectivity index (χ0) is 13.2. The van der Waals surface area contributed by atoms with E-state index in [1.54, 1.807) is 23.3 Å². The SMILES string of the molecule is Fc1ccc(-c2noc(Cn3ccnc3)n2)c(Cl)c1. The van der Waals surface area contributed by atoms with E-state index in [0.29, 0.717) is 23.8 Å². The minimum Gasteiger partial charge on any atom is -0.337 e. The van der Waals surface area contributed by atoms with Crippen LogP contribution in [0.25, 0.3) is 11.4 Å². The maximum absolute atomic E-state index is 13.0. The van der Waals surface area contributed by atoms with E-state index < -0.39 is 5.82 Å². The number of nitrogens with zero attached hydrogens (tertiary/aromatic N) is 4.